The van der Waals surface area contributed by atoms with Crippen molar-refractivity contribution in [2.24, 2.45) is 11.8 Å². The number of nitrogens with one attached hydrogen (secondary N) is 2. The van der Waals surface area contributed by atoms with Crippen LogP contribution in [0.5, 0.6) is 0 Å². The summed E-state index contributed by atoms with van der Waals surface area (Å²) in [6.07, 6.45) is 0. The Morgan fingerprint density at radius 2 is 1.89 bits per heavy atom. The van der Waals surface area contributed by atoms with Crippen LogP contribution in [0.2, 0.25) is 5.02 Å². The predicted molar refractivity (Wildman–Crippen MR) is 69.9 cm³/mol. The van der Waals surface area contributed by atoms with Crippen molar-refractivity contribution in [2.45, 2.75) is 19.9 Å². The van der Waals surface area contributed by atoms with Gasteiger partial charge in [-0.1, -0.05) is 37.6 Å². The molecule has 1 aromatic rings. The van der Waals surface area contributed by atoms with Crippen LogP contribution in [0.15, 0.2) is 24.3 Å². The Labute approximate surface area is 111 Å². The van der Waals surface area contributed by atoms with Crippen molar-refractivity contribution in [2.75, 3.05) is 0 Å². The van der Waals surface area contributed by atoms with Crippen molar-refractivity contribution in [3.8, 4) is 0 Å². The second kappa shape index (κ2) is 6.37. The number of halogens is 1. The van der Waals surface area contributed by atoms with Gasteiger partial charge in [-0.15, -0.1) is 0 Å². The number of nitrogens with two attached hydrogens (primary N) is 1. The van der Waals surface area contributed by atoms with Crippen LogP contribution >= 0.6 is 11.6 Å². The molecule has 0 saturated heterocycles. The number of carbonyl (C=O) groups excluding carboxylic acids is 2. The fourth-order valence-electron chi connectivity index (χ4n) is 1.49. The van der Waals surface area contributed by atoms with Crippen molar-refractivity contribution >= 4 is 23.4 Å². The molecule has 5 nitrogen and oxygen atoms in total. The van der Waals surface area contributed by atoms with E-state index >= 15 is 0 Å². The molecule has 0 saturated carbocycles. The van der Waals surface area contributed by atoms with Crippen LogP contribution in [0, 0.1) is 5.92 Å². The molecule has 98 valence electrons. The van der Waals surface area contributed by atoms with Gasteiger partial charge >= 0.3 is 0 Å². The average Bonchev–Trinajstić information content (AvgIpc) is 2.35. The molecule has 0 fully saturated rings. The van der Waals surface area contributed by atoms with Crippen molar-refractivity contribution < 1.29 is 9.59 Å². The Bertz CT molecular complexity index is 449. The van der Waals surface area contributed by atoms with Crippen LogP contribution in [-0.2, 0) is 4.79 Å². The lowest BCUT2D eigenvalue weighted by Crippen LogP contribution is -2.51. The molecule has 2 amide bonds. The van der Waals surface area contributed by atoms with Crippen molar-refractivity contribution in [1.29, 1.82) is 0 Å². The highest BCUT2D eigenvalue weighted by atomic mass is 35.5. The fraction of sp³-hybridized carbons (Fsp3) is 0.333. The van der Waals surface area contributed by atoms with Crippen LogP contribution in [0.3, 0.4) is 0 Å². The molecule has 1 aromatic carbocycles. The predicted octanol–water partition coefficient (Wildman–Crippen LogP) is 1.08. The topological polar surface area (TPSA) is 84.2 Å². The summed E-state index contributed by atoms with van der Waals surface area (Å²) in [6.45, 7) is 3.62. The van der Waals surface area contributed by atoms with Crippen molar-refractivity contribution in [3.05, 3.63) is 34.9 Å². The summed E-state index contributed by atoms with van der Waals surface area (Å²) in [7, 11) is 0. The molecular weight excluding hydrogens is 254 g/mol. The zero-order valence-corrected chi connectivity index (χ0v) is 11.0. The summed E-state index contributed by atoms with van der Waals surface area (Å²) >= 11 is 5.91. The van der Waals surface area contributed by atoms with Crippen LogP contribution < -0.4 is 16.6 Å². The fourth-order valence-corrected chi connectivity index (χ4v) is 1.71. The molecular formula is C12H16ClN3O2. The van der Waals surface area contributed by atoms with Crippen molar-refractivity contribution in [1.82, 2.24) is 10.7 Å². The molecule has 0 unspecified atom stereocenters. The van der Waals surface area contributed by atoms with Gasteiger partial charge in [0.2, 0.25) is 0 Å². The van der Waals surface area contributed by atoms with Gasteiger partial charge in [-0.25, -0.2) is 5.84 Å². The largest absolute Gasteiger partial charge is 0.340 e. The van der Waals surface area contributed by atoms with Gasteiger partial charge in [0.1, 0.15) is 6.04 Å². The average molecular weight is 270 g/mol. The first-order valence-electron chi connectivity index (χ1n) is 5.53. The second-order valence-electron chi connectivity index (χ2n) is 4.18. The summed E-state index contributed by atoms with van der Waals surface area (Å²) in [5.41, 5.74) is 2.36. The van der Waals surface area contributed by atoms with E-state index in [0.717, 1.165) is 0 Å². The molecule has 6 heteroatoms. The Hall–Kier alpha value is -1.59. The number of hydrogen-bond acceptors (Lipinski definition) is 3. The highest BCUT2D eigenvalue weighted by Crippen LogP contribution is 2.15. The summed E-state index contributed by atoms with van der Waals surface area (Å²) in [5.74, 6) is 4.16. The number of amides is 2. The van der Waals surface area contributed by atoms with E-state index in [0.29, 0.717) is 10.6 Å². The lowest BCUT2D eigenvalue weighted by Gasteiger charge is -2.20. The first kappa shape index (κ1) is 14.5. The standard InChI is InChI=1S/C12H16ClN3O2/c1-7(2)10(12(18)16-14)15-11(17)8-5-3-4-6-9(8)13/h3-7,10H,14H2,1-2H3,(H,15,17)(H,16,18)/t10-/m1/s1. The van der Waals surface area contributed by atoms with Gasteiger partial charge in [-0.2, -0.15) is 0 Å². The Morgan fingerprint density at radius 3 is 2.39 bits per heavy atom. The zero-order chi connectivity index (χ0) is 13.7. The van der Waals surface area contributed by atoms with Gasteiger partial charge in [-0.05, 0) is 18.1 Å². The minimum absolute atomic E-state index is 0.0833. The first-order valence-corrected chi connectivity index (χ1v) is 5.91. The van der Waals surface area contributed by atoms with E-state index in [4.69, 9.17) is 17.4 Å². The maximum atomic E-state index is 12.0. The number of hydrazine groups is 1. The monoisotopic (exact) mass is 269 g/mol. The lowest BCUT2D eigenvalue weighted by molar-refractivity contribution is -0.124. The maximum absolute atomic E-state index is 12.0. The number of carbonyl (C=O) groups is 2. The zero-order valence-electron chi connectivity index (χ0n) is 10.2. The molecule has 0 bridgehead atoms. The number of hydrogen-bond donors (Lipinski definition) is 3. The maximum Gasteiger partial charge on any atom is 0.256 e. The highest BCUT2D eigenvalue weighted by molar-refractivity contribution is 6.33. The van der Waals surface area contributed by atoms with Crippen LogP contribution in [0.4, 0.5) is 0 Å². The first-order chi connectivity index (χ1) is 8.47. The molecule has 1 rings (SSSR count). The highest BCUT2D eigenvalue weighted by Gasteiger charge is 2.24. The third-order valence-electron chi connectivity index (χ3n) is 2.50. The molecule has 0 aliphatic carbocycles. The Balaban J connectivity index is 2.86. The number of benzene rings is 1. The van der Waals surface area contributed by atoms with Gasteiger partial charge in [0.05, 0.1) is 10.6 Å². The molecule has 18 heavy (non-hydrogen) atoms. The SMILES string of the molecule is CC(C)[C@@H](NC(=O)c1ccccc1Cl)C(=O)NN. The van der Waals surface area contributed by atoms with E-state index in [1.807, 2.05) is 19.3 Å². The van der Waals surface area contributed by atoms with E-state index < -0.39 is 17.9 Å². The van der Waals surface area contributed by atoms with Gasteiger partial charge < -0.3 is 5.32 Å². The molecule has 0 heterocycles. The van der Waals surface area contributed by atoms with E-state index in [1.54, 1.807) is 24.3 Å². The smallest absolute Gasteiger partial charge is 0.256 e. The van der Waals surface area contributed by atoms with E-state index in [1.165, 1.54) is 0 Å². The van der Waals surface area contributed by atoms with E-state index in [9.17, 15) is 9.59 Å². The molecule has 0 aliphatic heterocycles. The normalized spacial score (nSPS) is 12.1. The summed E-state index contributed by atoms with van der Waals surface area (Å²) < 4.78 is 0. The third kappa shape index (κ3) is 3.45. The summed E-state index contributed by atoms with van der Waals surface area (Å²) in [5, 5.41) is 2.95. The minimum Gasteiger partial charge on any atom is -0.340 e. The summed E-state index contributed by atoms with van der Waals surface area (Å²) in [6, 6.07) is 5.94. The molecule has 0 spiro atoms. The molecule has 0 radical (unpaired) electrons. The minimum atomic E-state index is -0.696. The van der Waals surface area contributed by atoms with E-state index in [2.05, 4.69) is 5.32 Å². The Morgan fingerprint density at radius 1 is 1.28 bits per heavy atom. The van der Waals surface area contributed by atoms with Crippen molar-refractivity contribution in [3.63, 3.8) is 0 Å². The quantitative estimate of drug-likeness (QED) is 0.434. The Kier molecular flexibility index (Phi) is 5.12. The molecule has 0 aliphatic rings. The molecule has 1 atom stereocenters. The molecule has 0 aromatic heterocycles. The lowest BCUT2D eigenvalue weighted by atomic mass is 10.0. The second-order valence-corrected chi connectivity index (χ2v) is 4.59. The van der Waals surface area contributed by atoms with Gasteiger partial charge in [0, 0.05) is 0 Å². The van der Waals surface area contributed by atoms with Gasteiger partial charge in [-0.3, -0.25) is 15.0 Å². The van der Waals surface area contributed by atoms with Gasteiger partial charge in [0.15, 0.2) is 0 Å². The van der Waals surface area contributed by atoms with Crippen LogP contribution in [-0.4, -0.2) is 17.9 Å². The van der Waals surface area contributed by atoms with Gasteiger partial charge in [0.25, 0.3) is 11.8 Å². The summed E-state index contributed by atoms with van der Waals surface area (Å²) in [4.78, 5) is 23.5. The molecule has 4 N–H and O–H groups in total. The van der Waals surface area contributed by atoms with E-state index in [-0.39, 0.29) is 5.92 Å². The van der Waals surface area contributed by atoms with Crippen LogP contribution in [0.25, 0.3) is 0 Å². The third-order valence-corrected chi connectivity index (χ3v) is 2.83. The van der Waals surface area contributed by atoms with Crippen LogP contribution in [0.1, 0.15) is 24.2 Å². The number of rotatable bonds is 4.